The second kappa shape index (κ2) is 6.30. The summed E-state index contributed by atoms with van der Waals surface area (Å²) in [6.07, 6.45) is 2.77. The third-order valence-corrected chi connectivity index (χ3v) is 2.79. The van der Waals surface area contributed by atoms with Crippen molar-refractivity contribution in [2.24, 2.45) is 0 Å². The van der Waals surface area contributed by atoms with Gasteiger partial charge in [-0.1, -0.05) is 31.2 Å². The van der Waals surface area contributed by atoms with Crippen LogP contribution in [0.3, 0.4) is 0 Å². The summed E-state index contributed by atoms with van der Waals surface area (Å²) in [6, 6.07) is 7.93. The Morgan fingerprint density at radius 2 is 2.33 bits per heavy atom. The summed E-state index contributed by atoms with van der Waals surface area (Å²) >= 11 is 1.85. The zero-order valence-electron chi connectivity index (χ0n) is 8.64. The maximum atomic E-state index is 10.3. The molecule has 15 heavy (non-hydrogen) atoms. The lowest BCUT2D eigenvalue weighted by molar-refractivity contribution is -0.131. The third-order valence-electron chi connectivity index (χ3n) is 1.84. The van der Waals surface area contributed by atoms with E-state index in [-0.39, 0.29) is 0 Å². The van der Waals surface area contributed by atoms with E-state index >= 15 is 0 Å². The molecule has 80 valence electrons. The summed E-state index contributed by atoms with van der Waals surface area (Å²) in [7, 11) is 0. The molecule has 3 heteroatoms. The Morgan fingerprint density at radius 3 is 3.00 bits per heavy atom. The third kappa shape index (κ3) is 4.70. The van der Waals surface area contributed by atoms with E-state index in [1.807, 2.05) is 30.0 Å². The van der Waals surface area contributed by atoms with Crippen molar-refractivity contribution in [1.29, 1.82) is 0 Å². The molecule has 0 spiro atoms. The van der Waals surface area contributed by atoms with Gasteiger partial charge >= 0.3 is 5.97 Å². The van der Waals surface area contributed by atoms with Crippen LogP contribution in [0.5, 0.6) is 0 Å². The SMILES string of the molecule is CCSCc1cccc(/C=C/C(=O)O)c1. The number of rotatable bonds is 5. The molecule has 0 fully saturated rings. The number of hydrogen-bond donors (Lipinski definition) is 1. The maximum absolute atomic E-state index is 10.3. The van der Waals surface area contributed by atoms with Crippen molar-refractivity contribution in [2.75, 3.05) is 5.75 Å². The Labute approximate surface area is 94.0 Å². The van der Waals surface area contributed by atoms with Crippen LogP contribution in [-0.2, 0) is 10.5 Å². The van der Waals surface area contributed by atoms with Gasteiger partial charge in [-0.3, -0.25) is 0 Å². The van der Waals surface area contributed by atoms with E-state index < -0.39 is 5.97 Å². The highest BCUT2D eigenvalue weighted by Crippen LogP contribution is 2.14. The lowest BCUT2D eigenvalue weighted by atomic mass is 10.1. The monoisotopic (exact) mass is 222 g/mol. The van der Waals surface area contributed by atoms with E-state index in [1.165, 1.54) is 5.56 Å². The first kappa shape index (κ1) is 11.9. The van der Waals surface area contributed by atoms with Gasteiger partial charge in [0.05, 0.1) is 0 Å². The molecule has 0 atom stereocenters. The molecule has 0 aliphatic heterocycles. The van der Waals surface area contributed by atoms with E-state index in [0.29, 0.717) is 0 Å². The average molecular weight is 222 g/mol. The van der Waals surface area contributed by atoms with Gasteiger partial charge in [-0.05, 0) is 23.0 Å². The molecular formula is C12H14O2S. The molecule has 1 aromatic rings. The van der Waals surface area contributed by atoms with Crippen LogP contribution in [0.2, 0.25) is 0 Å². The molecule has 0 aliphatic carbocycles. The second-order valence-electron chi connectivity index (χ2n) is 3.05. The topological polar surface area (TPSA) is 37.3 Å². The van der Waals surface area contributed by atoms with Crippen molar-refractivity contribution >= 4 is 23.8 Å². The van der Waals surface area contributed by atoms with Gasteiger partial charge in [-0.25, -0.2) is 4.79 Å². The summed E-state index contributed by atoms with van der Waals surface area (Å²) in [4.78, 5) is 10.3. The predicted octanol–water partition coefficient (Wildman–Crippen LogP) is 3.04. The molecule has 0 bridgehead atoms. The van der Waals surface area contributed by atoms with Crippen LogP contribution in [0, 0.1) is 0 Å². The summed E-state index contributed by atoms with van der Waals surface area (Å²) < 4.78 is 0. The number of carboxylic acid groups (broad SMARTS) is 1. The summed E-state index contributed by atoms with van der Waals surface area (Å²) in [5.74, 6) is 1.16. The Kier molecular flexibility index (Phi) is 4.98. The molecule has 2 nitrogen and oxygen atoms in total. The van der Waals surface area contributed by atoms with Crippen molar-refractivity contribution < 1.29 is 9.90 Å². The molecule has 0 amide bonds. The normalized spacial score (nSPS) is 10.7. The first-order valence-corrected chi connectivity index (χ1v) is 5.95. The number of carboxylic acids is 1. The van der Waals surface area contributed by atoms with Gasteiger partial charge in [0.25, 0.3) is 0 Å². The van der Waals surface area contributed by atoms with Gasteiger partial charge in [0.15, 0.2) is 0 Å². The fraction of sp³-hybridized carbons (Fsp3) is 0.250. The minimum absolute atomic E-state index is 0.914. The van der Waals surface area contributed by atoms with E-state index in [2.05, 4.69) is 13.0 Å². The quantitative estimate of drug-likeness (QED) is 0.778. The first-order chi connectivity index (χ1) is 7.22. The fourth-order valence-corrected chi connectivity index (χ4v) is 1.79. The fourth-order valence-electron chi connectivity index (χ4n) is 1.17. The van der Waals surface area contributed by atoms with E-state index in [1.54, 1.807) is 6.08 Å². The largest absolute Gasteiger partial charge is 0.478 e. The van der Waals surface area contributed by atoms with Crippen LogP contribution >= 0.6 is 11.8 Å². The molecule has 0 saturated heterocycles. The van der Waals surface area contributed by atoms with Gasteiger partial charge in [-0.2, -0.15) is 11.8 Å². The number of aliphatic carboxylic acids is 1. The van der Waals surface area contributed by atoms with Crippen LogP contribution in [0.25, 0.3) is 6.08 Å². The van der Waals surface area contributed by atoms with Gasteiger partial charge < -0.3 is 5.11 Å². The summed E-state index contributed by atoms with van der Waals surface area (Å²) in [5.41, 5.74) is 2.17. The molecule has 1 aromatic carbocycles. The first-order valence-electron chi connectivity index (χ1n) is 4.80. The average Bonchev–Trinajstić information content (AvgIpc) is 2.24. The van der Waals surface area contributed by atoms with Crippen LogP contribution in [-0.4, -0.2) is 16.8 Å². The van der Waals surface area contributed by atoms with Crippen molar-refractivity contribution in [1.82, 2.24) is 0 Å². The highest BCUT2D eigenvalue weighted by molar-refractivity contribution is 7.98. The van der Waals surface area contributed by atoms with Gasteiger partial charge in [0.2, 0.25) is 0 Å². The molecule has 0 radical (unpaired) electrons. The molecule has 0 aromatic heterocycles. The molecule has 0 heterocycles. The van der Waals surface area contributed by atoms with Crippen LogP contribution < -0.4 is 0 Å². The summed E-state index contributed by atoms with van der Waals surface area (Å²) in [6.45, 7) is 2.12. The van der Waals surface area contributed by atoms with E-state index in [9.17, 15) is 4.79 Å². The highest BCUT2D eigenvalue weighted by atomic mass is 32.2. The second-order valence-corrected chi connectivity index (χ2v) is 4.33. The number of thioether (sulfide) groups is 1. The molecule has 0 saturated carbocycles. The lowest BCUT2D eigenvalue weighted by Gasteiger charge is -2.00. The smallest absolute Gasteiger partial charge is 0.328 e. The zero-order valence-corrected chi connectivity index (χ0v) is 9.46. The zero-order chi connectivity index (χ0) is 11.1. The van der Waals surface area contributed by atoms with Crippen molar-refractivity contribution in [3.8, 4) is 0 Å². The molecule has 1 N–H and O–H groups in total. The van der Waals surface area contributed by atoms with E-state index in [0.717, 1.165) is 23.1 Å². The Bertz CT molecular complexity index is 358. The summed E-state index contributed by atoms with van der Waals surface area (Å²) in [5, 5.41) is 8.49. The number of hydrogen-bond acceptors (Lipinski definition) is 2. The van der Waals surface area contributed by atoms with Gasteiger partial charge in [-0.15, -0.1) is 0 Å². The maximum Gasteiger partial charge on any atom is 0.328 e. The lowest BCUT2D eigenvalue weighted by Crippen LogP contribution is -1.86. The Morgan fingerprint density at radius 1 is 1.53 bits per heavy atom. The minimum Gasteiger partial charge on any atom is -0.478 e. The van der Waals surface area contributed by atoms with Crippen LogP contribution in [0.4, 0.5) is 0 Å². The predicted molar refractivity (Wildman–Crippen MR) is 64.9 cm³/mol. The van der Waals surface area contributed by atoms with Crippen LogP contribution in [0.1, 0.15) is 18.1 Å². The van der Waals surface area contributed by atoms with Crippen LogP contribution in [0.15, 0.2) is 30.3 Å². The number of carbonyl (C=O) groups is 1. The molecule has 1 rings (SSSR count). The number of benzene rings is 1. The Hall–Kier alpha value is -1.22. The standard InChI is InChI=1S/C12H14O2S/c1-2-15-9-11-5-3-4-10(8-11)6-7-12(13)14/h3-8H,2,9H2,1H3,(H,13,14)/b7-6+. The van der Waals surface area contributed by atoms with Gasteiger partial charge in [0.1, 0.15) is 0 Å². The van der Waals surface area contributed by atoms with Crippen molar-refractivity contribution in [2.45, 2.75) is 12.7 Å². The van der Waals surface area contributed by atoms with E-state index in [4.69, 9.17) is 5.11 Å². The highest BCUT2D eigenvalue weighted by Gasteiger charge is 1.94. The van der Waals surface area contributed by atoms with Gasteiger partial charge in [0, 0.05) is 11.8 Å². The minimum atomic E-state index is -0.914. The molecule has 0 unspecified atom stereocenters. The molecular weight excluding hydrogens is 208 g/mol. The van der Waals surface area contributed by atoms with Crippen molar-refractivity contribution in [3.63, 3.8) is 0 Å². The molecule has 0 aliphatic rings. The van der Waals surface area contributed by atoms with Crippen molar-refractivity contribution in [3.05, 3.63) is 41.5 Å². The Balaban J connectivity index is 2.69.